The van der Waals surface area contributed by atoms with Crippen LogP contribution in [-0.4, -0.2) is 16.0 Å². The van der Waals surface area contributed by atoms with E-state index in [0.717, 1.165) is 34.4 Å². The van der Waals surface area contributed by atoms with Crippen LogP contribution in [0.5, 0.6) is 0 Å². The maximum Gasteiger partial charge on any atom is 0.120 e. The molecule has 3 nitrogen and oxygen atoms in total. The largest absolute Gasteiger partial charge is 0.341 e. The highest BCUT2D eigenvalue weighted by Gasteiger charge is 2.06. The van der Waals surface area contributed by atoms with Crippen LogP contribution in [-0.2, 0) is 6.54 Å². The van der Waals surface area contributed by atoms with E-state index >= 15 is 0 Å². The number of thiophene rings is 1. The highest BCUT2D eigenvalue weighted by molar-refractivity contribution is 7.14. The van der Waals surface area contributed by atoms with Crippen LogP contribution in [0.3, 0.4) is 0 Å². The Balaban J connectivity index is 2.01. The molecule has 5 heteroatoms. The van der Waals surface area contributed by atoms with Gasteiger partial charge in [-0.15, -0.1) is 11.3 Å². The molecule has 0 bridgehead atoms. The maximum atomic E-state index is 5.91. The van der Waals surface area contributed by atoms with Crippen molar-refractivity contribution in [3.05, 3.63) is 27.8 Å². The first kappa shape index (κ1) is 12.6. The lowest BCUT2D eigenvalue weighted by Gasteiger charge is -2.08. The van der Waals surface area contributed by atoms with Crippen LogP contribution in [0, 0.1) is 0 Å². The average Bonchev–Trinajstić information content (AvgIpc) is 2.94. The topological polar surface area (TPSA) is 40.7 Å². The van der Waals surface area contributed by atoms with Gasteiger partial charge in [0.2, 0.25) is 0 Å². The number of aromatic nitrogens is 2. The molecule has 0 spiro atoms. The minimum Gasteiger partial charge on any atom is -0.341 e. The van der Waals surface area contributed by atoms with E-state index in [-0.39, 0.29) is 0 Å². The van der Waals surface area contributed by atoms with Gasteiger partial charge in [0.15, 0.2) is 0 Å². The van der Waals surface area contributed by atoms with Crippen molar-refractivity contribution in [3.8, 4) is 11.3 Å². The minimum atomic E-state index is 0.513. The fraction of sp³-hybridized carbons (Fsp3) is 0.417. The van der Waals surface area contributed by atoms with Gasteiger partial charge in [0.1, 0.15) is 5.82 Å². The molecule has 0 radical (unpaired) electrons. The zero-order valence-electron chi connectivity index (χ0n) is 9.96. The quantitative estimate of drug-likeness (QED) is 0.869. The molecule has 2 aromatic heterocycles. The van der Waals surface area contributed by atoms with Crippen LogP contribution >= 0.6 is 22.9 Å². The van der Waals surface area contributed by atoms with E-state index < -0.39 is 0 Å². The van der Waals surface area contributed by atoms with E-state index in [1.54, 1.807) is 0 Å². The number of nitrogens with one attached hydrogen (secondary N) is 2. The lowest BCUT2D eigenvalue weighted by molar-refractivity contribution is 0.525. The summed E-state index contributed by atoms with van der Waals surface area (Å²) in [5, 5.41) is 5.43. The molecule has 17 heavy (non-hydrogen) atoms. The first-order valence-corrected chi connectivity index (χ1v) is 6.96. The third-order valence-corrected chi connectivity index (χ3v) is 3.83. The number of rotatable bonds is 5. The molecule has 1 atom stereocenters. The number of aromatic amines is 1. The lowest BCUT2D eigenvalue weighted by atomic mass is 10.2. The van der Waals surface area contributed by atoms with E-state index in [9.17, 15) is 0 Å². The van der Waals surface area contributed by atoms with Gasteiger partial charge in [-0.1, -0.05) is 18.5 Å². The normalized spacial score (nSPS) is 12.9. The summed E-state index contributed by atoms with van der Waals surface area (Å²) < 4.78 is 0.800. The molecule has 0 aliphatic rings. The van der Waals surface area contributed by atoms with Crippen LogP contribution in [0.25, 0.3) is 11.3 Å². The molecule has 0 aliphatic carbocycles. The molecule has 0 saturated heterocycles. The van der Waals surface area contributed by atoms with Crippen molar-refractivity contribution >= 4 is 22.9 Å². The minimum absolute atomic E-state index is 0.513. The molecule has 0 amide bonds. The van der Waals surface area contributed by atoms with Crippen molar-refractivity contribution < 1.29 is 0 Å². The molecule has 0 aromatic carbocycles. The molecular formula is C12H16ClN3S. The number of hydrogen-bond acceptors (Lipinski definition) is 3. The molecular weight excluding hydrogens is 254 g/mol. The number of imidazole rings is 1. The molecule has 2 heterocycles. The maximum absolute atomic E-state index is 5.91. The number of hydrogen-bond donors (Lipinski definition) is 2. The molecule has 1 unspecified atom stereocenters. The second kappa shape index (κ2) is 5.67. The Morgan fingerprint density at radius 3 is 3.06 bits per heavy atom. The van der Waals surface area contributed by atoms with E-state index in [1.807, 2.05) is 17.6 Å². The zero-order valence-corrected chi connectivity index (χ0v) is 11.5. The Bertz CT molecular complexity index is 478. The van der Waals surface area contributed by atoms with Crippen LogP contribution in [0.2, 0.25) is 4.34 Å². The van der Waals surface area contributed by atoms with Gasteiger partial charge in [0.05, 0.1) is 22.8 Å². The van der Waals surface area contributed by atoms with Crippen molar-refractivity contribution in [1.82, 2.24) is 15.3 Å². The SMILES string of the molecule is CCC(C)NCc1ncc(-c2csc(Cl)c2)[nH]1. The second-order valence-corrected chi connectivity index (χ2v) is 5.62. The summed E-state index contributed by atoms with van der Waals surface area (Å²) in [6.45, 7) is 5.11. The summed E-state index contributed by atoms with van der Waals surface area (Å²) >= 11 is 7.44. The summed E-state index contributed by atoms with van der Waals surface area (Å²) in [7, 11) is 0. The third kappa shape index (κ3) is 3.31. The van der Waals surface area contributed by atoms with Gasteiger partial charge >= 0.3 is 0 Å². The van der Waals surface area contributed by atoms with Crippen molar-refractivity contribution in [1.29, 1.82) is 0 Å². The first-order valence-electron chi connectivity index (χ1n) is 5.70. The van der Waals surface area contributed by atoms with Crippen molar-refractivity contribution in [3.63, 3.8) is 0 Å². The number of H-pyrrole nitrogens is 1. The molecule has 2 aromatic rings. The van der Waals surface area contributed by atoms with Crippen LogP contribution < -0.4 is 5.32 Å². The summed E-state index contributed by atoms with van der Waals surface area (Å²) in [5.41, 5.74) is 2.12. The molecule has 0 aliphatic heterocycles. The average molecular weight is 270 g/mol. The van der Waals surface area contributed by atoms with Gasteiger partial charge in [-0.3, -0.25) is 0 Å². The zero-order chi connectivity index (χ0) is 12.3. The smallest absolute Gasteiger partial charge is 0.120 e. The molecule has 2 N–H and O–H groups in total. The van der Waals surface area contributed by atoms with E-state index in [1.165, 1.54) is 11.3 Å². The summed E-state index contributed by atoms with van der Waals surface area (Å²) in [6, 6.07) is 2.46. The Kier molecular flexibility index (Phi) is 4.20. The third-order valence-electron chi connectivity index (χ3n) is 2.74. The van der Waals surface area contributed by atoms with Crippen molar-refractivity contribution in [2.45, 2.75) is 32.9 Å². The lowest BCUT2D eigenvalue weighted by Crippen LogP contribution is -2.24. The van der Waals surface area contributed by atoms with E-state index in [4.69, 9.17) is 11.6 Å². The fourth-order valence-corrected chi connectivity index (χ4v) is 2.35. The van der Waals surface area contributed by atoms with Gasteiger partial charge < -0.3 is 10.3 Å². The Morgan fingerprint density at radius 1 is 1.59 bits per heavy atom. The number of nitrogens with zero attached hydrogens (tertiary/aromatic N) is 1. The predicted molar refractivity (Wildman–Crippen MR) is 73.5 cm³/mol. The fourth-order valence-electron chi connectivity index (χ4n) is 1.47. The highest BCUT2D eigenvalue weighted by atomic mass is 35.5. The Morgan fingerprint density at radius 2 is 2.41 bits per heavy atom. The van der Waals surface area contributed by atoms with Gasteiger partial charge in [-0.2, -0.15) is 0 Å². The Labute approximate surface area is 110 Å². The van der Waals surface area contributed by atoms with E-state index in [2.05, 4.69) is 29.1 Å². The van der Waals surface area contributed by atoms with Crippen LogP contribution in [0.4, 0.5) is 0 Å². The van der Waals surface area contributed by atoms with Gasteiger partial charge in [0, 0.05) is 17.0 Å². The molecule has 2 rings (SSSR count). The second-order valence-electron chi connectivity index (χ2n) is 4.07. The predicted octanol–water partition coefficient (Wildman–Crippen LogP) is 3.68. The van der Waals surface area contributed by atoms with Crippen LogP contribution in [0.1, 0.15) is 26.1 Å². The van der Waals surface area contributed by atoms with Gasteiger partial charge in [0.25, 0.3) is 0 Å². The van der Waals surface area contributed by atoms with Crippen molar-refractivity contribution in [2.24, 2.45) is 0 Å². The monoisotopic (exact) mass is 269 g/mol. The summed E-state index contributed by atoms with van der Waals surface area (Å²) in [4.78, 5) is 7.65. The first-order chi connectivity index (χ1) is 8.19. The standard InChI is InChI=1S/C12H16ClN3S/c1-3-8(2)14-6-12-15-5-10(16-12)9-4-11(13)17-7-9/h4-5,7-8,14H,3,6H2,1-2H3,(H,15,16). The summed E-state index contributed by atoms with van der Waals surface area (Å²) in [5.74, 6) is 0.961. The summed E-state index contributed by atoms with van der Waals surface area (Å²) in [6.07, 6.45) is 2.97. The highest BCUT2D eigenvalue weighted by Crippen LogP contribution is 2.27. The molecule has 92 valence electrons. The van der Waals surface area contributed by atoms with Crippen molar-refractivity contribution in [2.75, 3.05) is 0 Å². The van der Waals surface area contributed by atoms with Gasteiger partial charge in [-0.05, 0) is 19.4 Å². The van der Waals surface area contributed by atoms with Gasteiger partial charge in [-0.25, -0.2) is 4.98 Å². The molecule has 0 fully saturated rings. The van der Waals surface area contributed by atoms with Crippen LogP contribution in [0.15, 0.2) is 17.6 Å². The van der Waals surface area contributed by atoms with E-state index in [0.29, 0.717) is 6.04 Å². The Hall–Kier alpha value is -0.840. The molecule has 0 saturated carbocycles. The number of halogens is 1.